The average molecular weight is 286 g/mol. The first-order valence-corrected chi connectivity index (χ1v) is 5.85. The molecule has 16 heavy (non-hydrogen) atoms. The molecule has 0 unspecified atom stereocenters. The zero-order valence-electron chi connectivity index (χ0n) is 8.85. The van der Waals surface area contributed by atoms with Gasteiger partial charge in [0.15, 0.2) is 0 Å². The molecule has 4 nitrogen and oxygen atoms in total. The monoisotopic (exact) mass is 285 g/mol. The summed E-state index contributed by atoms with van der Waals surface area (Å²) in [6.07, 6.45) is 4.68. The van der Waals surface area contributed by atoms with Crippen LogP contribution in [0.15, 0.2) is 24.3 Å². The van der Waals surface area contributed by atoms with Gasteiger partial charge in [-0.25, -0.2) is 0 Å². The van der Waals surface area contributed by atoms with E-state index in [0.29, 0.717) is 5.75 Å². The van der Waals surface area contributed by atoms with Crippen LogP contribution < -0.4 is 4.74 Å². The minimum Gasteiger partial charge on any atom is -0.496 e. The lowest BCUT2D eigenvalue weighted by atomic mass is 10.1. The highest BCUT2D eigenvalue weighted by Gasteiger charge is 2.08. The molecule has 0 aromatic heterocycles. The van der Waals surface area contributed by atoms with Crippen molar-refractivity contribution < 1.29 is 9.66 Å². The molecule has 0 N–H and O–H groups in total. The summed E-state index contributed by atoms with van der Waals surface area (Å²) in [4.78, 5) is 10.2. The first kappa shape index (κ1) is 12.7. The van der Waals surface area contributed by atoms with E-state index in [0.717, 1.165) is 17.3 Å². The van der Waals surface area contributed by atoms with Crippen LogP contribution >= 0.6 is 15.9 Å². The molecule has 1 aromatic carbocycles. The zero-order valence-corrected chi connectivity index (χ0v) is 10.4. The van der Waals surface area contributed by atoms with Crippen molar-refractivity contribution in [3.63, 3.8) is 0 Å². The van der Waals surface area contributed by atoms with Crippen LogP contribution in [0.3, 0.4) is 0 Å². The van der Waals surface area contributed by atoms with Crippen molar-refractivity contribution in [1.29, 1.82) is 0 Å². The summed E-state index contributed by atoms with van der Waals surface area (Å²) in [6, 6.07) is 4.69. The number of allylic oxidation sites excluding steroid dienone is 1. The van der Waals surface area contributed by atoms with Crippen molar-refractivity contribution in [3.8, 4) is 5.75 Å². The highest BCUT2D eigenvalue weighted by atomic mass is 79.9. The molecule has 0 spiro atoms. The predicted molar refractivity (Wildman–Crippen MR) is 67.1 cm³/mol. The van der Waals surface area contributed by atoms with Crippen molar-refractivity contribution in [1.82, 2.24) is 0 Å². The topological polar surface area (TPSA) is 52.4 Å². The van der Waals surface area contributed by atoms with Gasteiger partial charge in [-0.15, -0.1) is 0 Å². The summed E-state index contributed by atoms with van der Waals surface area (Å²) in [5.41, 5.74) is 0.810. The molecular weight excluding hydrogens is 274 g/mol. The lowest BCUT2D eigenvalue weighted by Gasteiger charge is -2.01. The van der Waals surface area contributed by atoms with Crippen LogP contribution in [0.4, 0.5) is 5.69 Å². The van der Waals surface area contributed by atoms with Crippen LogP contribution in [-0.2, 0) is 0 Å². The largest absolute Gasteiger partial charge is 0.496 e. The van der Waals surface area contributed by atoms with E-state index < -0.39 is 4.92 Å². The molecule has 0 heterocycles. The number of rotatable bonds is 5. The minimum atomic E-state index is -0.426. The van der Waals surface area contributed by atoms with Gasteiger partial charge in [0.1, 0.15) is 5.75 Å². The number of alkyl halides is 1. The average Bonchev–Trinajstić information content (AvgIpc) is 2.29. The molecule has 1 rings (SSSR count). The Morgan fingerprint density at radius 1 is 1.50 bits per heavy atom. The number of nitro benzene ring substituents is 1. The first-order valence-electron chi connectivity index (χ1n) is 4.73. The van der Waals surface area contributed by atoms with E-state index in [1.54, 1.807) is 6.07 Å². The Balaban J connectivity index is 2.99. The minimum absolute atomic E-state index is 0.0397. The second kappa shape index (κ2) is 6.27. The summed E-state index contributed by atoms with van der Waals surface area (Å²) in [6.45, 7) is 0. The summed E-state index contributed by atoms with van der Waals surface area (Å²) in [5, 5.41) is 11.5. The van der Waals surface area contributed by atoms with Gasteiger partial charge in [-0.2, -0.15) is 0 Å². The molecule has 1 aromatic rings. The van der Waals surface area contributed by atoms with Gasteiger partial charge in [0, 0.05) is 11.4 Å². The van der Waals surface area contributed by atoms with Crippen LogP contribution in [0, 0.1) is 10.1 Å². The van der Waals surface area contributed by atoms with Crippen molar-refractivity contribution in [3.05, 3.63) is 40.0 Å². The molecular formula is C11H12BrNO3. The molecule has 0 fully saturated rings. The molecule has 0 saturated carbocycles. The third-order valence-electron chi connectivity index (χ3n) is 1.95. The maximum absolute atomic E-state index is 10.7. The number of hydrogen-bond donors (Lipinski definition) is 0. The molecule has 0 aliphatic heterocycles. The highest BCUT2D eigenvalue weighted by Crippen LogP contribution is 2.23. The fourth-order valence-corrected chi connectivity index (χ4v) is 1.47. The molecule has 5 heteroatoms. The van der Waals surface area contributed by atoms with E-state index in [2.05, 4.69) is 15.9 Å². The van der Waals surface area contributed by atoms with E-state index in [1.807, 2.05) is 12.2 Å². The molecule has 0 aliphatic rings. The quantitative estimate of drug-likeness (QED) is 0.473. The van der Waals surface area contributed by atoms with Gasteiger partial charge < -0.3 is 4.74 Å². The van der Waals surface area contributed by atoms with Crippen LogP contribution in [0.5, 0.6) is 5.75 Å². The third kappa shape index (κ3) is 3.66. The number of hydrogen-bond acceptors (Lipinski definition) is 3. The first-order chi connectivity index (χ1) is 7.67. The van der Waals surface area contributed by atoms with E-state index >= 15 is 0 Å². The maximum Gasteiger partial charge on any atom is 0.273 e. The van der Waals surface area contributed by atoms with Crippen LogP contribution in [0.25, 0.3) is 6.08 Å². The van der Waals surface area contributed by atoms with Gasteiger partial charge >= 0.3 is 0 Å². The number of nitro groups is 1. The van der Waals surface area contributed by atoms with Crippen LogP contribution in [-0.4, -0.2) is 17.4 Å². The Labute approximate surface area is 102 Å². The summed E-state index contributed by atoms with van der Waals surface area (Å²) >= 11 is 3.30. The normalized spacial score (nSPS) is 10.6. The Hall–Kier alpha value is -1.36. The van der Waals surface area contributed by atoms with E-state index in [9.17, 15) is 10.1 Å². The Bertz CT molecular complexity index is 404. The van der Waals surface area contributed by atoms with Crippen molar-refractivity contribution in [2.24, 2.45) is 0 Å². The van der Waals surface area contributed by atoms with Crippen molar-refractivity contribution >= 4 is 27.7 Å². The number of ether oxygens (including phenoxy) is 1. The summed E-state index contributed by atoms with van der Waals surface area (Å²) < 4.78 is 5.00. The van der Waals surface area contributed by atoms with Gasteiger partial charge in [0.25, 0.3) is 5.69 Å². The van der Waals surface area contributed by atoms with E-state index in [4.69, 9.17) is 4.74 Å². The second-order valence-corrected chi connectivity index (χ2v) is 3.89. The molecule has 0 amide bonds. The summed E-state index contributed by atoms with van der Waals surface area (Å²) in [7, 11) is 1.49. The lowest BCUT2D eigenvalue weighted by Crippen LogP contribution is -1.91. The third-order valence-corrected chi connectivity index (χ3v) is 2.40. The number of benzene rings is 1. The van der Waals surface area contributed by atoms with Gasteiger partial charge in [-0.05, 0) is 18.1 Å². The number of methoxy groups -OCH3 is 1. The van der Waals surface area contributed by atoms with Gasteiger partial charge in [-0.1, -0.05) is 28.1 Å². The lowest BCUT2D eigenvalue weighted by molar-refractivity contribution is -0.384. The fraction of sp³-hybridized carbons (Fsp3) is 0.273. The van der Waals surface area contributed by atoms with Crippen LogP contribution in [0.1, 0.15) is 12.0 Å². The summed E-state index contributed by atoms with van der Waals surface area (Å²) in [5.74, 6) is 0.493. The molecule has 0 radical (unpaired) electrons. The number of halogens is 1. The molecule has 86 valence electrons. The Kier molecular flexibility index (Phi) is 4.98. The second-order valence-electron chi connectivity index (χ2n) is 3.10. The Morgan fingerprint density at radius 2 is 2.25 bits per heavy atom. The highest BCUT2D eigenvalue weighted by molar-refractivity contribution is 9.09. The van der Waals surface area contributed by atoms with Crippen molar-refractivity contribution in [2.75, 3.05) is 12.4 Å². The molecule has 0 saturated heterocycles. The molecule has 0 aliphatic carbocycles. The fourth-order valence-electron chi connectivity index (χ4n) is 1.21. The molecule has 0 atom stereocenters. The maximum atomic E-state index is 10.7. The van der Waals surface area contributed by atoms with Crippen LogP contribution in [0.2, 0.25) is 0 Å². The SMILES string of the molecule is COc1cc(C=CCCBr)cc([N+](=O)[O-])c1. The van der Waals surface area contributed by atoms with Crippen molar-refractivity contribution in [2.45, 2.75) is 6.42 Å². The van der Waals surface area contributed by atoms with E-state index in [-0.39, 0.29) is 5.69 Å². The smallest absolute Gasteiger partial charge is 0.273 e. The molecule has 0 bridgehead atoms. The predicted octanol–water partition coefficient (Wildman–Crippen LogP) is 3.40. The van der Waals surface area contributed by atoms with E-state index in [1.165, 1.54) is 19.2 Å². The van der Waals surface area contributed by atoms with Gasteiger partial charge in [0.05, 0.1) is 18.1 Å². The Morgan fingerprint density at radius 3 is 2.81 bits per heavy atom. The number of non-ortho nitro benzene ring substituents is 1. The van der Waals surface area contributed by atoms with Gasteiger partial charge in [-0.3, -0.25) is 10.1 Å². The number of nitrogens with zero attached hydrogens (tertiary/aromatic N) is 1. The zero-order chi connectivity index (χ0) is 12.0. The van der Waals surface area contributed by atoms with Gasteiger partial charge in [0.2, 0.25) is 0 Å². The standard InChI is InChI=1S/C11H12BrNO3/c1-16-11-7-9(4-2-3-5-12)6-10(8-11)13(14)15/h2,4,6-8H,3,5H2,1H3.